The molecule has 1 saturated carbocycles. The number of nitrogens with one attached hydrogen (secondary N) is 2. The number of rotatable bonds is 3. The van der Waals surface area contributed by atoms with Crippen LogP contribution in [0.15, 0.2) is 12.1 Å². The molecule has 0 radical (unpaired) electrons. The fraction of sp³-hybridized carbons (Fsp3) is 0.588. The van der Waals surface area contributed by atoms with Crippen molar-refractivity contribution in [3.8, 4) is 6.07 Å². The molecule has 3 nitrogen and oxygen atoms in total. The molecule has 1 aromatic rings. The van der Waals surface area contributed by atoms with Gasteiger partial charge in [0.05, 0.1) is 11.6 Å². The normalized spacial score (nSPS) is 28.5. The van der Waals surface area contributed by atoms with Crippen LogP contribution in [0.3, 0.4) is 0 Å². The van der Waals surface area contributed by atoms with Crippen molar-refractivity contribution >= 4 is 5.69 Å². The van der Waals surface area contributed by atoms with E-state index in [9.17, 15) is 4.39 Å². The zero-order valence-corrected chi connectivity index (χ0v) is 12.5. The van der Waals surface area contributed by atoms with Crippen LogP contribution in [0.1, 0.15) is 43.2 Å². The molecular weight excluding hydrogens is 265 g/mol. The Morgan fingerprint density at radius 3 is 2.86 bits per heavy atom. The van der Waals surface area contributed by atoms with Crippen LogP contribution in [0.25, 0.3) is 0 Å². The van der Waals surface area contributed by atoms with E-state index in [2.05, 4.69) is 10.6 Å². The zero-order chi connectivity index (χ0) is 14.8. The summed E-state index contributed by atoms with van der Waals surface area (Å²) in [5.41, 5.74) is 1.77. The van der Waals surface area contributed by atoms with Gasteiger partial charge in [-0.25, -0.2) is 4.39 Å². The van der Waals surface area contributed by atoms with Gasteiger partial charge in [0, 0.05) is 23.3 Å². The molecule has 0 bridgehead atoms. The van der Waals surface area contributed by atoms with E-state index in [4.69, 9.17) is 5.26 Å². The predicted octanol–water partition coefficient (Wildman–Crippen LogP) is 3.34. The second kappa shape index (κ2) is 6.03. The van der Waals surface area contributed by atoms with Gasteiger partial charge < -0.3 is 10.6 Å². The van der Waals surface area contributed by atoms with Crippen LogP contribution in [0, 0.1) is 30.0 Å². The summed E-state index contributed by atoms with van der Waals surface area (Å²) in [5.74, 6) is 0.311. The third kappa shape index (κ3) is 2.89. The molecule has 0 aromatic heterocycles. The van der Waals surface area contributed by atoms with E-state index in [0.29, 0.717) is 29.1 Å². The molecular formula is C17H22FN3. The third-order valence-corrected chi connectivity index (χ3v) is 5.00. The summed E-state index contributed by atoms with van der Waals surface area (Å²) in [6.45, 7) is 2.89. The smallest absolute Gasteiger partial charge is 0.129 e. The maximum Gasteiger partial charge on any atom is 0.129 e. The van der Waals surface area contributed by atoms with Crippen molar-refractivity contribution in [1.82, 2.24) is 5.32 Å². The van der Waals surface area contributed by atoms with E-state index in [1.54, 1.807) is 13.0 Å². The average Bonchev–Trinajstić information content (AvgIpc) is 3.14. The van der Waals surface area contributed by atoms with Crippen LogP contribution >= 0.6 is 0 Å². The minimum absolute atomic E-state index is 0.301. The Bertz CT molecular complexity index is 558. The van der Waals surface area contributed by atoms with Crippen LogP contribution in [0.4, 0.5) is 10.1 Å². The molecule has 2 aliphatic rings. The highest BCUT2D eigenvalue weighted by Crippen LogP contribution is 2.35. The topological polar surface area (TPSA) is 47.9 Å². The average molecular weight is 287 g/mol. The van der Waals surface area contributed by atoms with Crippen molar-refractivity contribution in [2.24, 2.45) is 5.92 Å². The number of nitriles is 1. The van der Waals surface area contributed by atoms with E-state index >= 15 is 0 Å². The summed E-state index contributed by atoms with van der Waals surface area (Å²) < 4.78 is 13.9. The minimum atomic E-state index is -0.301. The molecule has 21 heavy (non-hydrogen) atoms. The molecule has 1 aromatic carbocycles. The maximum absolute atomic E-state index is 13.9. The molecule has 2 fully saturated rings. The van der Waals surface area contributed by atoms with E-state index in [-0.39, 0.29) is 5.82 Å². The van der Waals surface area contributed by atoms with Crippen LogP contribution in [-0.2, 0) is 0 Å². The molecule has 3 atom stereocenters. The fourth-order valence-corrected chi connectivity index (χ4v) is 3.82. The predicted molar refractivity (Wildman–Crippen MR) is 81.6 cm³/mol. The first-order valence-electron chi connectivity index (χ1n) is 7.89. The van der Waals surface area contributed by atoms with Gasteiger partial charge in [0.1, 0.15) is 5.82 Å². The molecule has 3 unspecified atom stereocenters. The van der Waals surface area contributed by atoms with Crippen LogP contribution in [-0.4, -0.2) is 18.6 Å². The lowest BCUT2D eigenvalue weighted by atomic mass is 9.92. The van der Waals surface area contributed by atoms with Gasteiger partial charge in [-0.05, 0) is 57.2 Å². The molecule has 2 N–H and O–H groups in total. The van der Waals surface area contributed by atoms with Gasteiger partial charge in [-0.1, -0.05) is 6.42 Å². The van der Waals surface area contributed by atoms with Crippen LogP contribution in [0.2, 0.25) is 0 Å². The van der Waals surface area contributed by atoms with E-state index < -0.39 is 0 Å². The monoisotopic (exact) mass is 287 g/mol. The van der Waals surface area contributed by atoms with E-state index in [1.165, 1.54) is 31.7 Å². The quantitative estimate of drug-likeness (QED) is 0.896. The van der Waals surface area contributed by atoms with E-state index in [1.807, 2.05) is 6.07 Å². The molecule has 3 rings (SSSR count). The van der Waals surface area contributed by atoms with Gasteiger partial charge in [-0.15, -0.1) is 0 Å². The lowest BCUT2D eigenvalue weighted by molar-refractivity contribution is 0.376. The number of anilines is 1. The lowest BCUT2D eigenvalue weighted by Crippen LogP contribution is -2.38. The maximum atomic E-state index is 13.9. The largest absolute Gasteiger partial charge is 0.382 e. The number of hydrogen-bond donors (Lipinski definition) is 2. The molecule has 1 saturated heterocycles. The van der Waals surface area contributed by atoms with Crippen LogP contribution < -0.4 is 10.6 Å². The first-order chi connectivity index (χ1) is 10.2. The van der Waals surface area contributed by atoms with Crippen molar-refractivity contribution in [3.63, 3.8) is 0 Å². The van der Waals surface area contributed by atoms with Gasteiger partial charge in [0.25, 0.3) is 0 Å². The molecule has 4 heteroatoms. The van der Waals surface area contributed by atoms with Gasteiger partial charge in [-0.2, -0.15) is 5.26 Å². The SMILES string of the molecule is Cc1c(F)cc(C#N)cc1NC1CCCC1C1CCCN1. The Morgan fingerprint density at radius 1 is 1.29 bits per heavy atom. The van der Waals surface area contributed by atoms with Crippen molar-refractivity contribution in [2.75, 3.05) is 11.9 Å². The van der Waals surface area contributed by atoms with Crippen molar-refractivity contribution in [1.29, 1.82) is 5.26 Å². The Morgan fingerprint density at radius 2 is 2.14 bits per heavy atom. The van der Waals surface area contributed by atoms with Crippen molar-refractivity contribution in [3.05, 3.63) is 29.1 Å². The van der Waals surface area contributed by atoms with Gasteiger partial charge >= 0.3 is 0 Å². The summed E-state index contributed by atoms with van der Waals surface area (Å²) >= 11 is 0. The number of nitrogens with zero attached hydrogens (tertiary/aromatic N) is 1. The highest BCUT2D eigenvalue weighted by Gasteiger charge is 2.35. The minimum Gasteiger partial charge on any atom is -0.382 e. The highest BCUT2D eigenvalue weighted by molar-refractivity contribution is 5.56. The van der Waals surface area contributed by atoms with Gasteiger partial charge in [0.15, 0.2) is 0 Å². The Balaban J connectivity index is 1.79. The fourth-order valence-electron chi connectivity index (χ4n) is 3.82. The highest BCUT2D eigenvalue weighted by atomic mass is 19.1. The Kier molecular flexibility index (Phi) is 4.12. The van der Waals surface area contributed by atoms with Gasteiger partial charge in [-0.3, -0.25) is 0 Å². The third-order valence-electron chi connectivity index (χ3n) is 5.00. The molecule has 1 heterocycles. The van der Waals surface area contributed by atoms with E-state index in [0.717, 1.165) is 18.7 Å². The van der Waals surface area contributed by atoms with Crippen molar-refractivity contribution < 1.29 is 4.39 Å². The number of halogens is 1. The second-order valence-corrected chi connectivity index (χ2v) is 6.29. The number of hydrogen-bond acceptors (Lipinski definition) is 3. The Labute approximate surface area is 125 Å². The molecule has 1 aliphatic heterocycles. The lowest BCUT2D eigenvalue weighted by Gasteiger charge is -2.28. The summed E-state index contributed by atoms with van der Waals surface area (Å²) in [6, 6.07) is 6.09. The summed E-state index contributed by atoms with van der Waals surface area (Å²) in [4.78, 5) is 0. The second-order valence-electron chi connectivity index (χ2n) is 6.29. The Hall–Kier alpha value is -1.60. The summed E-state index contributed by atoms with van der Waals surface area (Å²) in [5, 5.41) is 16.1. The summed E-state index contributed by atoms with van der Waals surface area (Å²) in [7, 11) is 0. The number of benzene rings is 1. The van der Waals surface area contributed by atoms with Gasteiger partial charge in [0.2, 0.25) is 0 Å². The first kappa shape index (κ1) is 14.3. The zero-order valence-electron chi connectivity index (χ0n) is 12.5. The summed E-state index contributed by atoms with van der Waals surface area (Å²) in [6.07, 6.45) is 6.08. The van der Waals surface area contributed by atoms with Crippen LogP contribution in [0.5, 0.6) is 0 Å². The standard InChI is InChI=1S/C17H22FN3/c1-11-14(18)8-12(10-19)9-17(11)21-16-5-2-4-13(16)15-6-3-7-20-15/h8-9,13,15-16,20-21H,2-7H2,1H3. The van der Waals surface area contributed by atoms with Crippen molar-refractivity contribution in [2.45, 2.75) is 51.1 Å². The molecule has 0 spiro atoms. The first-order valence-corrected chi connectivity index (χ1v) is 7.89. The molecule has 112 valence electrons. The molecule has 1 aliphatic carbocycles. The molecule has 0 amide bonds.